The van der Waals surface area contributed by atoms with Crippen LogP contribution in [0.3, 0.4) is 0 Å². The molecule has 5 nitrogen and oxygen atoms in total. The second kappa shape index (κ2) is 4.37. The van der Waals surface area contributed by atoms with Gasteiger partial charge in [0.15, 0.2) is 12.1 Å². The zero-order valence-corrected chi connectivity index (χ0v) is 10.8. The van der Waals surface area contributed by atoms with Crippen molar-refractivity contribution in [2.24, 2.45) is 0 Å². The molecular formula is C15H14N2O3. The zero-order chi connectivity index (χ0) is 13.5. The van der Waals surface area contributed by atoms with E-state index >= 15 is 0 Å². The van der Waals surface area contributed by atoms with E-state index in [-0.39, 0.29) is 11.9 Å². The fraction of sp³-hybridized carbons (Fsp3) is 0.333. The molecule has 2 aliphatic rings. The summed E-state index contributed by atoms with van der Waals surface area (Å²) >= 11 is 0. The first kappa shape index (κ1) is 11.5. The van der Waals surface area contributed by atoms with Crippen LogP contribution in [0.15, 0.2) is 35.1 Å². The molecule has 0 saturated heterocycles. The number of hydrogen-bond donors (Lipinski definition) is 1. The van der Waals surface area contributed by atoms with E-state index in [0.717, 1.165) is 29.9 Å². The predicted octanol–water partition coefficient (Wildman–Crippen LogP) is 2.42. The molecule has 0 spiro atoms. The fourth-order valence-corrected chi connectivity index (χ4v) is 2.57. The standard InChI is InChI=1S/C15H14N2O3/c18-15(13-14(9-5-6-9)20-8-16-13)17-11-7-19-12-4-2-1-3-10(11)12/h1-4,8-9,11H,5-7H2,(H,17,18)/t11-/m0/s1. The van der Waals surface area contributed by atoms with E-state index in [1.54, 1.807) is 0 Å². The smallest absolute Gasteiger partial charge is 0.274 e. The number of nitrogens with one attached hydrogen (secondary N) is 1. The molecule has 2 heterocycles. The van der Waals surface area contributed by atoms with Crippen LogP contribution in [0.25, 0.3) is 0 Å². The fourth-order valence-electron chi connectivity index (χ4n) is 2.57. The molecule has 0 bridgehead atoms. The number of rotatable bonds is 3. The van der Waals surface area contributed by atoms with E-state index in [0.29, 0.717) is 18.2 Å². The van der Waals surface area contributed by atoms with Crippen LogP contribution in [0.5, 0.6) is 5.75 Å². The van der Waals surface area contributed by atoms with Crippen molar-refractivity contribution in [3.8, 4) is 5.75 Å². The summed E-state index contributed by atoms with van der Waals surface area (Å²) in [5.74, 6) is 1.73. The molecule has 0 unspecified atom stereocenters. The van der Waals surface area contributed by atoms with Crippen LogP contribution >= 0.6 is 0 Å². The summed E-state index contributed by atoms with van der Waals surface area (Å²) in [5.41, 5.74) is 1.43. The van der Waals surface area contributed by atoms with Crippen LogP contribution in [0.2, 0.25) is 0 Å². The van der Waals surface area contributed by atoms with Crippen molar-refractivity contribution in [2.45, 2.75) is 24.8 Å². The van der Waals surface area contributed by atoms with Crippen molar-refractivity contribution in [2.75, 3.05) is 6.61 Å². The molecule has 20 heavy (non-hydrogen) atoms. The first-order valence-corrected chi connectivity index (χ1v) is 6.79. The van der Waals surface area contributed by atoms with Gasteiger partial charge in [-0.05, 0) is 18.9 Å². The molecule has 0 radical (unpaired) electrons. The van der Waals surface area contributed by atoms with Crippen molar-refractivity contribution < 1.29 is 13.9 Å². The van der Waals surface area contributed by atoms with Gasteiger partial charge in [0, 0.05) is 11.5 Å². The summed E-state index contributed by atoms with van der Waals surface area (Å²) < 4.78 is 10.9. The maximum atomic E-state index is 12.3. The third-order valence-electron chi connectivity index (χ3n) is 3.76. The minimum Gasteiger partial charge on any atom is -0.491 e. The minimum absolute atomic E-state index is 0.123. The lowest BCUT2D eigenvalue weighted by Gasteiger charge is -2.10. The molecule has 1 aromatic carbocycles. The molecule has 2 aromatic rings. The van der Waals surface area contributed by atoms with Crippen LogP contribution in [0.1, 0.15) is 46.6 Å². The molecule has 1 atom stereocenters. The molecule has 1 aromatic heterocycles. The van der Waals surface area contributed by atoms with E-state index in [9.17, 15) is 4.79 Å². The summed E-state index contributed by atoms with van der Waals surface area (Å²) in [6.07, 6.45) is 3.50. The van der Waals surface area contributed by atoms with Crippen molar-refractivity contribution >= 4 is 5.91 Å². The average Bonchev–Trinajstić information content (AvgIpc) is 3.06. The summed E-state index contributed by atoms with van der Waals surface area (Å²) in [4.78, 5) is 16.4. The second-order valence-electron chi connectivity index (χ2n) is 5.21. The number of aromatic nitrogens is 1. The van der Waals surface area contributed by atoms with Crippen LogP contribution in [0.4, 0.5) is 0 Å². The lowest BCUT2D eigenvalue weighted by atomic mass is 10.1. The number of amides is 1. The van der Waals surface area contributed by atoms with E-state index in [1.165, 1.54) is 6.39 Å². The second-order valence-corrected chi connectivity index (χ2v) is 5.21. The number of para-hydroxylation sites is 1. The number of ether oxygens (including phenoxy) is 1. The Morgan fingerprint density at radius 2 is 2.15 bits per heavy atom. The van der Waals surface area contributed by atoms with Gasteiger partial charge >= 0.3 is 0 Å². The lowest BCUT2D eigenvalue weighted by molar-refractivity contribution is 0.0924. The van der Waals surface area contributed by atoms with Crippen LogP contribution < -0.4 is 10.1 Å². The topological polar surface area (TPSA) is 64.4 Å². The molecule has 4 rings (SSSR count). The first-order chi connectivity index (χ1) is 9.83. The molecule has 1 N–H and O–H groups in total. The number of nitrogens with zero attached hydrogens (tertiary/aromatic N) is 1. The van der Waals surface area contributed by atoms with Crippen LogP contribution in [-0.2, 0) is 0 Å². The van der Waals surface area contributed by atoms with Gasteiger partial charge in [0.2, 0.25) is 0 Å². The monoisotopic (exact) mass is 270 g/mol. The molecule has 1 fully saturated rings. The number of fused-ring (bicyclic) bond motifs is 1. The number of benzene rings is 1. The van der Waals surface area contributed by atoms with E-state index in [2.05, 4.69) is 10.3 Å². The maximum Gasteiger partial charge on any atom is 0.274 e. The Bertz CT molecular complexity index is 661. The molecule has 1 aliphatic heterocycles. The Balaban J connectivity index is 1.55. The Morgan fingerprint density at radius 3 is 3.00 bits per heavy atom. The Labute approximate surface area is 116 Å². The SMILES string of the molecule is O=C(N[C@H]1COc2ccccc21)c1ncoc1C1CC1. The van der Waals surface area contributed by atoms with Gasteiger partial charge in [0.1, 0.15) is 18.1 Å². The van der Waals surface area contributed by atoms with Crippen molar-refractivity contribution in [1.29, 1.82) is 0 Å². The van der Waals surface area contributed by atoms with Crippen molar-refractivity contribution in [3.63, 3.8) is 0 Å². The molecular weight excluding hydrogens is 256 g/mol. The Hall–Kier alpha value is -2.30. The molecule has 5 heteroatoms. The third kappa shape index (κ3) is 1.86. The summed E-state index contributed by atoms with van der Waals surface area (Å²) in [6.45, 7) is 0.460. The van der Waals surface area contributed by atoms with E-state index in [4.69, 9.17) is 9.15 Å². The maximum absolute atomic E-state index is 12.3. The number of carbonyl (C=O) groups is 1. The highest BCUT2D eigenvalue weighted by atomic mass is 16.5. The number of carbonyl (C=O) groups excluding carboxylic acids is 1. The lowest BCUT2D eigenvalue weighted by Crippen LogP contribution is -2.30. The minimum atomic E-state index is -0.189. The normalized spacial score (nSPS) is 20.3. The van der Waals surface area contributed by atoms with Gasteiger partial charge in [-0.15, -0.1) is 0 Å². The average molecular weight is 270 g/mol. The van der Waals surface area contributed by atoms with Crippen molar-refractivity contribution in [1.82, 2.24) is 10.3 Å². The van der Waals surface area contributed by atoms with E-state index < -0.39 is 0 Å². The molecule has 1 amide bonds. The summed E-state index contributed by atoms with van der Waals surface area (Å²) in [6, 6.07) is 7.62. The number of oxazole rings is 1. The quantitative estimate of drug-likeness (QED) is 0.930. The highest BCUT2D eigenvalue weighted by Crippen LogP contribution is 2.41. The molecule has 102 valence electrons. The predicted molar refractivity (Wildman–Crippen MR) is 70.6 cm³/mol. The van der Waals surface area contributed by atoms with Crippen LogP contribution in [0, 0.1) is 0 Å². The Morgan fingerprint density at radius 1 is 1.30 bits per heavy atom. The van der Waals surface area contributed by atoms with Crippen molar-refractivity contribution in [3.05, 3.63) is 47.7 Å². The highest BCUT2D eigenvalue weighted by molar-refractivity contribution is 5.93. The summed E-state index contributed by atoms with van der Waals surface area (Å²) in [5, 5.41) is 2.97. The zero-order valence-electron chi connectivity index (χ0n) is 10.8. The van der Waals surface area contributed by atoms with Gasteiger partial charge < -0.3 is 14.5 Å². The third-order valence-corrected chi connectivity index (χ3v) is 3.76. The first-order valence-electron chi connectivity index (χ1n) is 6.79. The van der Waals surface area contributed by atoms with Gasteiger partial charge in [-0.2, -0.15) is 0 Å². The highest BCUT2D eigenvalue weighted by Gasteiger charge is 2.34. The number of hydrogen-bond acceptors (Lipinski definition) is 4. The summed E-state index contributed by atoms with van der Waals surface area (Å²) in [7, 11) is 0. The van der Waals surface area contributed by atoms with Gasteiger partial charge in [-0.25, -0.2) is 4.98 Å². The Kier molecular flexibility index (Phi) is 2.52. The van der Waals surface area contributed by atoms with E-state index in [1.807, 2.05) is 24.3 Å². The van der Waals surface area contributed by atoms with Gasteiger partial charge in [-0.3, -0.25) is 4.79 Å². The molecule has 1 saturated carbocycles. The largest absolute Gasteiger partial charge is 0.491 e. The van der Waals surface area contributed by atoms with Crippen LogP contribution in [-0.4, -0.2) is 17.5 Å². The van der Waals surface area contributed by atoms with Gasteiger partial charge in [0.25, 0.3) is 5.91 Å². The van der Waals surface area contributed by atoms with Gasteiger partial charge in [-0.1, -0.05) is 18.2 Å². The van der Waals surface area contributed by atoms with Gasteiger partial charge in [0.05, 0.1) is 6.04 Å². The molecule has 1 aliphatic carbocycles.